The van der Waals surface area contributed by atoms with Crippen LogP contribution in [0.4, 0.5) is 0 Å². The van der Waals surface area contributed by atoms with Gasteiger partial charge in [0.25, 0.3) is 0 Å². The summed E-state index contributed by atoms with van der Waals surface area (Å²) in [5.41, 5.74) is 2.43. The van der Waals surface area contributed by atoms with E-state index in [0.717, 1.165) is 48.8 Å². The van der Waals surface area contributed by atoms with Gasteiger partial charge in [0.15, 0.2) is 0 Å². The van der Waals surface area contributed by atoms with Crippen molar-refractivity contribution in [3.05, 3.63) is 11.8 Å². The number of nitrogens with zero attached hydrogens (tertiary/aromatic N) is 3. The highest BCUT2D eigenvalue weighted by molar-refractivity contribution is 7.99. The predicted octanol–water partition coefficient (Wildman–Crippen LogP) is 2.06. The molecule has 0 spiro atoms. The van der Waals surface area contributed by atoms with Crippen molar-refractivity contribution in [3.63, 3.8) is 0 Å². The molecule has 26 heavy (non-hydrogen) atoms. The van der Waals surface area contributed by atoms with Gasteiger partial charge in [0.05, 0.1) is 11.7 Å². The minimum Gasteiger partial charge on any atom is -0.473 e. The van der Waals surface area contributed by atoms with Crippen LogP contribution < -0.4 is 0 Å². The van der Waals surface area contributed by atoms with Crippen molar-refractivity contribution < 1.29 is 24.9 Å². The first-order valence-electron chi connectivity index (χ1n) is 8.36. The molecule has 2 heterocycles. The Bertz CT molecular complexity index is 594. The van der Waals surface area contributed by atoms with E-state index in [2.05, 4.69) is 26.8 Å². The monoisotopic (exact) mass is 403 g/mol. The summed E-state index contributed by atoms with van der Waals surface area (Å²) in [5, 5.41) is 24.6. The van der Waals surface area contributed by atoms with Gasteiger partial charge in [0, 0.05) is 19.7 Å². The van der Waals surface area contributed by atoms with E-state index < -0.39 is 11.9 Å². The smallest absolute Gasteiger partial charge is 0.414 e. The summed E-state index contributed by atoms with van der Waals surface area (Å²) in [4.78, 5) is 20.5. The average molecular weight is 404 g/mol. The zero-order chi connectivity index (χ0) is 19.4. The van der Waals surface area contributed by atoms with Crippen molar-refractivity contribution in [2.24, 2.45) is 0 Å². The fourth-order valence-electron chi connectivity index (χ4n) is 2.27. The molecular weight excluding hydrogens is 378 g/mol. The Labute approximate surface area is 161 Å². The van der Waals surface area contributed by atoms with E-state index in [9.17, 15) is 0 Å². The quantitative estimate of drug-likeness (QED) is 0.340. The molecule has 8 nitrogen and oxygen atoms in total. The number of unbranched alkanes of at least 4 members (excludes halogenated alkanes) is 3. The lowest BCUT2D eigenvalue weighted by Crippen LogP contribution is -2.25. The number of likely N-dealkylation sites (N-methyl/N-ethyl adjacent to an activating group) is 1. The normalized spacial score (nSPS) is 14.3. The van der Waals surface area contributed by atoms with E-state index in [1.807, 2.05) is 11.8 Å². The van der Waals surface area contributed by atoms with Gasteiger partial charge in [0.2, 0.25) is 0 Å². The van der Waals surface area contributed by atoms with Gasteiger partial charge in [-0.1, -0.05) is 18.9 Å². The maximum absolute atomic E-state index is 9.10. The molecule has 0 amide bonds. The van der Waals surface area contributed by atoms with Crippen LogP contribution in [0, 0.1) is 0 Å². The molecule has 2 rings (SSSR count). The van der Waals surface area contributed by atoms with Crippen LogP contribution in [0.3, 0.4) is 0 Å². The number of carbonyl (C=O) groups is 2. The second-order valence-electron chi connectivity index (χ2n) is 5.77. The summed E-state index contributed by atoms with van der Waals surface area (Å²) >= 11 is 3.14. The van der Waals surface area contributed by atoms with Crippen molar-refractivity contribution >= 4 is 41.0 Å². The molecule has 0 saturated heterocycles. The Morgan fingerprint density at radius 1 is 1.19 bits per heavy atom. The fraction of sp³-hybridized carbons (Fsp3) is 0.625. The van der Waals surface area contributed by atoms with Crippen LogP contribution in [0.15, 0.2) is 11.1 Å². The lowest BCUT2D eigenvalue weighted by Gasteiger charge is -2.22. The molecule has 1 aliphatic heterocycles. The molecule has 0 radical (unpaired) electrons. The SMILES string of the molecule is CN1CCC=C(c2nsnc2SCCCCCCO)C1.O=C(O)C(=O)O. The first-order chi connectivity index (χ1) is 12.5. The van der Waals surface area contributed by atoms with Gasteiger partial charge < -0.3 is 20.2 Å². The van der Waals surface area contributed by atoms with Gasteiger partial charge in [-0.3, -0.25) is 0 Å². The van der Waals surface area contributed by atoms with E-state index in [-0.39, 0.29) is 0 Å². The molecule has 146 valence electrons. The number of aromatic nitrogens is 2. The zero-order valence-corrected chi connectivity index (χ0v) is 16.4. The highest BCUT2D eigenvalue weighted by Gasteiger charge is 2.17. The van der Waals surface area contributed by atoms with Gasteiger partial charge in [-0.25, -0.2) is 9.59 Å². The van der Waals surface area contributed by atoms with E-state index in [1.54, 1.807) is 0 Å². The maximum atomic E-state index is 9.10. The third-order valence-electron chi connectivity index (χ3n) is 3.58. The van der Waals surface area contributed by atoms with Crippen molar-refractivity contribution in [1.29, 1.82) is 0 Å². The first-order valence-corrected chi connectivity index (χ1v) is 10.1. The molecular formula is C16H25N3O5S2. The summed E-state index contributed by atoms with van der Waals surface area (Å²) in [5.74, 6) is -2.56. The molecule has 0 fully saturated rings. The Morgan fingerprint density at radius 2 is 1.88 bits per heavy atom. The molecule has 0 atom stereocenters. The summed E-state index contributed by atoms with van der Waals surface area (Å²) < 4.78 is 8.93. The average Bonchev–Trinajstić information content (AvgIpc) is 3.07. The lowest BCUT2D eigenvalue weighted by atomic mass is 10.1. The van der Waals surface area contributed by atoms with Gasteiger partial charge in [0.1, 0.15) is 10.7 Å². The number of thioether (sulfide) groups is 1. The largest absolute Gasteiger partial charge is 0.473 e. The van der Waals surface area contributed by atoms with Crippen LogP contribution in [-0.4, -0.2) is 73.4 Å². The number of hydrogen-bond donors (Lipinski definition) is 3. The van der Waals surface area contributed by atoms with E-state index in [0.29, 0.717) is 6.61 Å². The van der Waals surface area contributed by atoms with Crippen LogP contribution >= 0.6 is 23.5 Å². The van der Waals surface area contributed by atoms with Crippen molar-refractivity contribution in [2.75, 3.05) is 32.5 Å². The molecule has 0 unspecified atom stereocenters. The molecule has 0 aliphatic carbocycles. The lowest BCUT2D eigenvalue weighted by molar-refractivity contribution is -0.159. The second-order valence-corrected chi connectivity index (χ2v) is 7.38. The van der Waals surface area contributed by atoms with Crippen LogP contribution in [-0.2, 0) is 9.59 Å². The molecule has 0 bridgehead atoms. The Balaban J connectivity index is 0.000000487. The van der Waals surface area contributed by atoms with Crippen molar-refractivity contribution in [1.82, 2.24) is 13.6 Å². The van der Waals surface area contributed by atoms with Gasteiger partial charge in [-0.15, -0.1) is 11.8 Å². The molecule has 10 heteroatoms. The second kappa shape index (κ2) is 12.8. The summed E-state index contributed by atoms with van der Waals surface area (Å²) in [6.45, 7) is 2.43. The number of rotatable bonds is 8. The number of carboxylic acid groups (broad SMARTS) is 2. The fourth-order valence-corrected chi connectivity index (χ4v) is 3.98. The van der Waals surface area contributed by atoms with Crippen molar-refractivity contribution in [3.8, 4) is 0 Å². The molecule has 0 aromatic carbocycles. The highest BCUT2D eigenvalue weighted by atomic mass is 32.2. The predicted molar refractivity (Wildman–Crippen MR) is 102 cm³/mol. The Hall–Kier alpha value is -1.49. The number of carboxylic acids is 2. The van der Waals surface area contributed by atoms with E-state index in [4.69, 9.17) is 24.9 Å². The number of aliphatic hydroxyl groups excluding tert-OH is 1. The topological polar surface area (TPSA) is 124 Å². The molecule has 1 aromatic heterocycles. The standard InChI is InChI=1S/C14H23N3OS2.C2H2O4/c1-17-8-6-7-12(11-17)13-14(16-20-15-13)19-10-5-3-2-4-9-18;3-1(4)2(5)6/h7,18H,2-6,8-11H2,1H3;(H,3,4)(H,5,6). The van der Waals surface area contributed by atoms with E-state index in [1.165, 1.54) is 30.1 Å². The van der Waals surface area contributed by atoms with Gasteiger partial charge in [-0.2, -0.15) is 8.75 Å². The van der Waals surface area contributed by atoms with Crippen LogP contribution in [0.2, 0.25) is 0 Å². The van der Waals surface area contributed by atoms with E-state index >= 15 is 0 Å². The van der Waals surface area contributed by atoms with Crippen LogP contribution in [0.5, 0.6) is 0 Å². The molecule has 1 aromatic rings. The van der Waals surface area contributed by atoms with Crippen molar-refractivity contribution in [2.45, 2.75) is 37.1 Å². The van der Waals surface area contributed by atoms with Crippen LogP contribution in [0.1, 0.15) is 37.8 Å². The highest BCUT2D eigenvalue weighted by Crippen LogP contribution is 2.29. The minimum atomic E-state index is -1.82. The van der Waals surface area contributed by atoms with Gasteiger partial charge >= 0.3 is 11.9 Å². The van der Waals surface area contributed by atoms with Crippen LogP contribution in [0.25, 0.3) is 5.57 Å². The third kappa shape index (κ3) is 8.75. The Morgan fingerprint density at radius 3 is 2.50 bits per heavy atom. The minimum absolute atomic E-state index is 0.314. The number of aliphatic carboxylic acids is 2. The summed E-state index contributed by atoms with van der Waals surface area (Å²) in [7, 11) is 2.15. The van der Waals surface area contributed by atoms with Gasteiger partial charge in [-0.05, 0) is 37.6 Å². The third-order valence-corrected chi connectivity index (χ3v) is 5.27. The number of aliphatic hydroxyl groups is 1. The summed E-state index contributed by atoms with van der Waals surface area (Å²) in [6, 6.07) is 0. The summed E-state index contributed by atoms with van der Waals surface area (Å²) in [6.07, 6.45) is 7.83. The number of hydrogen-bond acceptors (Lipinski definition) is 8. The molecule has 1 aliphatic rings. The maximum Gasteiger partial charge on any atom is 0.414 e. The molecule has 0 saturated carbocycles. The zero-order valence-electron chi connectivity index (χ0n) is 14.8. The first kappa shape index (κ1) is 22.6. The Kier molecular flexibility index (Phi) is 11.1. The molecule has 3 N–H and O–H groups in total.